The second-order valence-electron chi connectivity index (χ2n) is 6.32. The van der Waals surface area contributed by atoms with Gasteiger partial charge in [-0.1, -0.05) is 43.1 Å². The highest BCUT2D eigenvalue weighted by Gasteiger charge is 2.11. The number of pyridine rings is 1. The van der Waals surface area contributed by atoms with E-state index >= 15 is 0 Å². The molecule has 0 saturated carbocycles. The summed E-state index contributed by atoms with van der Waals surface area (Å²) in [5.74, 6) is 0. The molecule has 0 atom stereocenters. The standard InChI is InChI=1S/C21H23ClN2/c1-4-5-8-16-13-23-20-14(2)7-6-9-18(20)21(16)24-19-11-10-17(22)12-15(19)3/h6-7,9-13H,4-5,8H2,1-3H3,(H,23,24). The van der Waals surface area contributed by atoms with Gasteiger partial charge in [0, 0.05) is 22.3 Å². The fraction of sp³-hybridized carbons (Fsp3) is 0.286. The first-order chi connectivity index (χ1) is 11.6. The number of fused-ring (bicyclic) bond motifs is 1. The molecule has 0 bridgehead atoms. The molecule has 0 aliphatic rings. The number of nitrogens with one attached hydrogen (secondary N) is 1. The molecule has 24 heavy (non-hydrogen) atoms. The van der Waals surface area contributed by atoms with E-state index in [0.29, 0.717) is 0 Å². The van der Waals surface area contributed by atoms with Crippen LogP contribution in [0.15, 0.2) is 42.6 Å². The number of para-hydroxylation sites is 1. The largest absolute Gasteiger partial charge is 0.354 e. The number of hydrogen-bond acceptors (Lipinski definition) is 2. The number of aromatic nitrogens is 1. The van der Waals surface area contributed by atoms with Gasteiger partial charge < -0.3 is 5.32 Å². The minimum atomic E-state index is 0.764. The van der Waals surface area contributed by atoms with Crippen molar-refractivity contribution in [3.05, 3.63) is 64.3 Å². The molecule has 0 unspecified atom stereocenters. The van der Waals surface area contributed by atoms with Gasteiger partial charge in [-0.15, -0.1) is 0 Å². The average Bonchev–Trinajstić information content (AvgIpc) is 2.56. The van der Waals surface area contributed by atoms with Crippen LogP contribution in [0.3, 0.4) is 0 Å². The van der Waals surface area contributed by atoms with Crippen LogP contribution < -0.4 is 5.32 Å². The monoisotopic (exact) mass is 338 g/mol. The zero-order chi connectivity index (χ0) is 17.1. The quantitative estimate of drug-likeness (QED) is 0.567. The Balaban J connectivity index is 2.13. The molecule has 1 heterocycles. The van der Waals surface area contributed by atoms with Crippen molar-refractivity contribution in [1.29, 1.82) is 0 Å². The van der Waals surface area contributed by atoms with E-state index in [2.05, 4.69) is 44.3 Å². The summed E-state index contributed by atoms with van der Waals surface area (Å²) in [4.78, 5) is 4.71. The first kappa shape index (κ1) is 16.8. The van der Waals surface area contributed by atoms with Crippen LogP contribution in [0.2, 0.25) is 5.02 Å². The van der Waals surface area contributed by atoms with Gasteiger partial charge in [-0.05, 0) is 61.6 Å². The molecule has 2 nitrogen and oxygen atoms in total. The summed E-state index contributed by atoms with van der Waals surface area (Å²) in [5.41, 5.74) is 6.93. The Kier molecular flexibility index (Phi) is 5.06. The third kappa shape index (κ3) is 3.39. The Morgan fingerprint density at radius 2 is 1.92 bits per heavy atom. The zero-order valence-corrected chi connectivity index (χ0v) is 15.2. The van der Waals surface area contributed by atoms with E-state index < -0.39 is 0 Å². The number of nitrogens with zero attached hydrogens (tertiary/aromatic N) is 1. The van der Waals surface area contributed by atoms with E-state index in [-0.39, 0.29) is 0 Å². The van der Waals surface area contributed by atoms with Gasteiger partial charge in [-0.2, -0.15) is 0 Å². The molecule has 0 fully saturated rings. The predicted octanol–water partition coefficient (Wildman–Crippen LogP) is 6.59. The van der Waals surface area contributed by atoms with E-state index in [4.69, 9.17) is 16.6 Å². The third-order valence-electron chi connectivity index (χ3n) is 4.43. The van der Waals surface area contributed by atoms with Crippen LogP contribution in [0.5, 0.6) is 0 Å². The Morgan fingerprint density at radius 3 is 2.67 bits per heavy atom. The van der Waals surface area contributed by atoms with E-state index in [0.717, 1.165) is 34.6 Å². The van der Waals surface area contributed by atoms with Crippen molar-refractivity contribution in [3.8, 4) is 0 Å². The lowest BCUT2D eigenvalue weighted by atomic mass is 10.0. The molecule has 1 N–H and O–H groups in total. The highest BCUT2D eigenvalue weighted by atomic mass is 35.5. The molecular weight excluding hydrogens is 316 g/mol. The molecule has 3 rings (SSSR count). The normalized spacial score (nSPS) is 11.0. The second-order valence-corrected chi connectivity index (χ2v) is 6.75. The fourth-order valence-corrected chi connectivity index (χ4v) is 3.25. The van der Waals surface area contributed by atoms with Crippen molar-refractivity contribution in [3.63, 3.8) is 0 Å². The minimum absolute atomic E-state index is 0.764. The van der Waals surface area contributed by atoms with E-state index in [1.54, 1.807) is 0 Å². The SMILES string of the molecule is CCCCc1cnc2c(C)cccc2c1Nc1ccc(Cl)cc1C. The number of aryl methyl sites for hydroxylation is 3. The van der Waals surface area contributed by atoms with E-state index in [1.165, 1.54) is 28.6 Å². The highest BCUT2D eigenvalue weighted by Crippen LogP contribution is 2.33. The van der Waals surface area contributed by atoms with Crippen molar-refractivity contribution in [2.45, 2.75) is 40.0 Å². The molecule has 0 amide bonds. The first-order valence-corrected chi connectivity index (χ1v) is 8.88. The summed E-state index contributed by atoms with van der Waals surface area (Å²) < 4.78 is 0. The maximum absolute atomic E-state index is 6.10. The molecular formula is C21H23ClN2. The zero-order valence-electron chi connectivity index (χ0n) is 14.5. The van der Waals surface area contributed by atoms with Gasteiger partial charge in [0.05, 0.1) is 11.2 Å². The lowest BCUT2D eigenvalue weighted by Crippen LogP contribution is -2.01. The fourth-order valence-electron chi connectivity index (χ4n) is 3.02. The van der Waals surface area contributed by atoms with Gasteiger partial charge in [0.15, 0.2) is 0 Å². The molecule has 0 aliphatic carbocycles. The van der Waals surface area contributed by atoms with Crippen LogP contribution in [0.4, 0.5) is 11.4 Å². The van der Waals surface area contributed by atoms with Gasteiger partial charge >= 0.3 is 0 Å². The summed E-state index contributed by atoms with van der Waals surface area (Å²) >= 11 is 6.10. The first-order valence-electron chi connectivity index (χ1n) is 8.50. The van der Waals surface area contributed by atoms with Gasteiger partial charge in [0.2, 0.25) is 0 Å². The summed E-state index contributed by atoms with van der Waals surface area (Å²) in [7, 11) is 0. The van der Waals surface area contributed by atoms with Crippen molar-refractivity contribution < 1.29 is 0 Å². The van der Waals surface area contributed by atoms with Gasteiger partial charge in [0.25, 0.3) is 0 Å². The Morgan fingerprint density at radius 1 is 1.08 bits per heavy atom. The number of benzene rings is 2. The van der Waals surface area contributed by atoms with Gasteiger partial charge in [-0.3, -0.25) is 4.98 Å². The van der Waals surface area contributed by atoms with Crippen LogP contribution in [0, 0.1) is 13.8 Å². The molecule has 0 radical (unpaired) electrons. The van der Waals surface area contributed by atoms with Crippen molar-refractivity contribution >= 4 is 33.9 Å². The lowest BCUT2D eigenvalue weighted by Gasteiger charge is -2.17. The number of halogens is 1. The smallest absolute Gasteiger partial charge is 0.0752 e. The van der Waals surface area contributed by atoms with Crippen molar-refractivity contribution in [1.82, 2.24) is 4.98 Å². The number of anilines is 2. The molecule has 2 aromatic carbocycles. The molecule has 3 aromatic rings. The summed E-state index contributed by atoms with van der Waals surface area (Å²) in [6.07, 6.45) is 5.39. The maximum Gasteiger partial charge on any atom is 0.0752 e. The molecule has 0 saturated heterocycles. The molecule has 0 spiro atoms. The maximum atomic E-state index is 6.10. The van der Waals surface area contributed by atoms with E-state index in [1.807, 2.05) is 24.4 Å². The Hall–Kier alpha value is -2.06. The van der Waals surface area contributed by atoms with Crippen LogP contribution in [0.1, 0.15) is 36.5 Å². The molecule has 124 valence electrons. The van der Waals surface area contributed by atoms with Crippen molar-refractivity contribution in [2.24, 2.45) is 0 Å². The Labute approximate surface area is 148 Å². The summed E-state index contributed by atoms with van der Waals surface area (Å²) in [5, 5.41) is 5.59. The van der Waals surface area contributed by atoms with Crippen LogP contribution in [-0.4, -0.2) is 4.98 Å². The summed E-state index contributed by atoms with van der Waals surface area (Å²) in [6, 6.07) is 12.3. The Bertz CT molecular complexity index is 871. The lowest BCUT2D eigenvalue weighted by molar-refractivity contribution is 0.794. The van der Waals surface area contributed by atoms with Gasteiger partial charge in [0.1, 0.15) is 0 Å². The number of hydrogen-bond donors (Lipinski definition) is 1. The van der Waals surface area contributed by atoms with Crippen LogP contribution in [-0.2, 0) is 6.42 Å². The third-order valence-corrected chi connectivity index (χ3v) is 4.66. The topological polar surface area (TPSA) is 24.9 Å². The summed E-state index contributed by atoms with van der Waals surface area (Å²) in [6.45, 7) is 6.40. The second kappa shape index (κ2) is 7.23. The molecule has 0 aliphatic heterocycles. The van der Waals surface area contributed by atoms with E-state index in [9.17, 15) is 0 Å². The van der Waals surface area contributed by atoms with Gasteiger partial charge in [-0.25, -0.2) is 0 Å². The van der Waals surface area contributed by atoms with Crippen LogP contribution >= 0.6 is 11.6 Å². The number of rotatable bonds is 5. The predicted molar refractivity (Wildman–Crippen MR) is 105 cm³/mol. The average molecular weight is 339 g/mol. The molecule has 3 heteroatoms. The minimum Gasteiger partial charge on any atom is -0.354 e. The van der Waals surface area contributed by atoms with Crippen LogP contribution in [0.25, 0.3) is 10.9 Å². The highest BCUT2D eigenvalue weighted by molar-refractivity contribution is 6.30. The van der Waals surface area contributed by atoms with Crippen molar-refractivity contribution in [2.75, 3.05) is 5.32 Å². The number of unbranched alkanes of at least 4 members (excludes halogenated alkanes) is 1. The molecule has 1 aromatic heterocycles.